The van der Waals surface area contributed by atoms with E-state index < -0.39 is 31.2 Å². The number of carbonyl (C=O) groups is 2. The predicted molar refractivity (Wildman–Crippen MR) is 107 cm³/mol. The Kier molecular flexibility index (Phi) is 16.0. The first-order chi connectivity index (χ1) is 13.4. The van der Waals surface area contributed by atoms with Crippen LogP contribution in [0.4, 0.5) is 0 Å². The zero-order valence-electron chi connectivity index (χ0n) is 17.7. The van der Waals surface area contributed by atoms with Crippen molar-refractivity contribution in [1.29, 1.82) is 0 Å². The van der Waals surface area contributed by atoms with Crippen molar-refractivity contribution in [2.45, 2.75) is 78.1 Å². The first-order valence-corrected chi connectivity index (χ1v) is 10.5. The van der Waals surface area contributed by atoms with Crippen LogP contribution in [0.15, 0.2) is 0 Å². The van der Waals surface area contributed by atoms with E-state index in [9.17, 15) is 9.59 Å². The average Bonchev–Trinajstić information content (AvgIpc) is 2.68. The zero-order valence-corrected chi connectivity index (χ0v) is 17.7. The van der Waals surface area contributed by atoms with Gasteiger partial charge in [0.2, 0.25) is 0 Å². The van der Waals surface area contributed by atoms with Crippen LogP contribution in [0.2, 0.25) is 0 Å². The summed E-state index contributed by atoms with van der Waals surface area (Å²) in [6.45, 7) is 3.26. The van der Waals surface area contributed by atoms with E-state index in [1.165, 1.54) is 25.7 Å². The summed E-state index contributed by atoms with van der Waals surface area (Å²) in [5.41, 5.74) is -1.21. The van der Waals surface area contributed by atoms with Crippen LogP contribution >= 0.6 is 0 Å². The number of rotatable bonds is 18. The molecule has 3 N–H and O–H groups in total. The van der Waals surface area contributed by atoms with Gasteiger partial charge < -0.3 is 24.8 Å². The number of unbranched alkanes of at least 4 members (excludes halogenated alkanes) is 5. The molecule has 0 aromatic heterocycles. The number of hydrogen-bond acceptors (Lipinski definition) is 7. The van der Waals surface area contributed by atoms with Gasteiger partial charge in [0.05, 0.1) is 31.8 Å². The lowest BCUT2D eigenvalue weighted by atomic mass is 9.93. The molecule has 0 bridgehead atoms. The highest BCUT2D eigenvalue weighted by Gasteiger charge is 2.30. The molecule has 0 aliphatic heterocycles. The number of ether oxygens (including phenoxy) is 2. The molecule has 0 rings (SSSR count). The number of aliphatic hydroxyl groups excluding tert-OH is 3. The Morgan fingerprint density at radius 1 is 0.750 bits per heavy atom. The van der Waals surface area contributed by atoms with E-state index in [0.717, 1.165) is 18.8 Å². The minimum absolute atomic E-state index is 0.141. The van der Waals surface area contributed by atoms with Gasteiger partial charge in [-0.05, 0) is 25.2 Å². The van der Waals surface area contributed by atoms with Crippen LogP contribution in [0, 0.1) is 11.3 Å². The van der Waals surface area contributed by atoms with E-state index in [-0.39, 0.29) is 25.4 Å². The normalized spacial score (nSPS) is 11.6. The second kappa shape index (κ2) is 16.7. The molecule has 0 amide bonds. The lowest BCUT2D eigenvalue weighted by molar-refractivity contribution is -0.152. The van der Waals surface area contributed by atoms with Crippen LogP contribution in [-0.4, -0.2) is 60.3 Å². The van der Waals surface area contributed by atoms with Gasteiger partial charge in [-0.15, -0.1) is 0 Å². The molecule has 0 saturated carbocycles. The fraction of sp³-hybridized carbons (Fsp3) is 0.905. The van der Waals surface area contributed by atoms with Crippen molar-refractivity contribution < 1.29 is 34.4 Å². The Hall–Kier alpha value is -1.18. The molecule has 0 unspecified atom stereocenters. The molecular formula is C21H40O7. The van der Waals surface area contributed by atoms with Crippen LogP contribution in [0.5, 0.6) is 0 Å². The molecule has 0 heterocycles. The third-order valence-corrected chi connectivity index (χ3v) is 4.75. The topological polar surface area (TPSA) is 113 Å². The fourth-order valence-electron chi connectivity index (χ4n) is 2.57. The van der Waals surface area contributed by atoms with Gasteiger partial charge in [0.25, 0.3) is 0 Å². The Morgan fingerprint density at radius 2 is 1.25 bits per heavy atom. The van der Waals surface area contributed by atoms with Crippen molar-refractivity contribution in [2.24, 2.45) is 11.3 Å². The van der Waals surface area contributed by atoms with E-state index >= 15 is 0 Å². The van der Waals surface area contributed by atoms with Crippen LogP contribution in [0.3, 0.4) is 0 Å². The molecular weight excluding hydrogens is 364 g/mol. The van der Waals surface area contributed by atoms with Crippen molar-refractivity contribution in [1.82, 2.24) is 0 Å². The third-order valence-electron chi connectivity index (χ3n) is 4.75. The maximum atomic E-state index is 11.7. The maximum absolute atomic E-state index is 11.7. The Morgan fingerprint density at radius 3 is 1.79 bits per heavy atom. The highest BCUT2D eigenvalue weighted by Crippen LogP contribution is 2.16. The highest BCUT2D eigenvalue weighted by atomic mass is 16.5. The first-order valence-electron chi connectivity index (χ1n) is 10.5. The van der Waals surface area contributed by atoms with E-state index in [4.69, 9.17) is 24.8 Å². The van der Waals surface area contributed by atoms with Crippen LogP contribution in [-0.2, 0) is 19.1 Å². The van der Waals surface area contributed by atoms with Crippen molar-refractivity contribution in [3.8, 4) is 0 Å². The second-order valence-corrected chi connectivity index (χ2v) is 8.01. The van der Waals surface area contributed by atoms with Gasteiger partial charge >= 0.3 is 11.9 Å². The zero-order chi connectivity index (χ0) is 21.3. The molecule has 28 heavy (non-hydrogen) atoms. The molecule has 0 spiro atoms. The number of esters is 2. The van der Waals surface area contributed by atoms with E-state index in [1.54, 1.807) is 0 Å². The van der Waals surface area contributed by atoms with E-state index in [0.29, 0.717) is 19.4 Å². The molecule has 0 aliphatic rings. The van der Waals surface area contributed by atoms with Gasteiger partial charge in [0, 0.05) is 12.8 Å². The smallest absolute Gasteiger partial charge is 0.305 e. The summed E-state index contributed by atoms with van der Waals surface area (Å²) in [6.07, 6.45) is 8.36. The summed E-state index contributed by atoms with van der Waals surface area (Å²) < 4.78 is 10.2. The average molecular weight is 405 g/mol. The molecule has 166 valence electrons. The molecule has 0 aromatic carbocycles. The van der Waals surface area contributed by atoms with Gasteiger partial charge in [-0.1, -0.05) is 46.0 Å². The molecule has 0 radical (unpaired) electrons. The minimum atomic E-state index is -1.21. The molecule has 7 heteroatoms. The lowest BCUT2D eigenvalue weighted by Gasteiger charge is -2.26. The van der Waals surface area contributed by atoms with Gasteiger partial charge in [0.1, 0.15) is 6.61 Å². The van der Waals surface area contributed by atoms with E-state index in [2.05, 4.69) is 13.8 Å². The van der Waals surface area contributed by atoms with Crippen LogP contribution in [0.1, 0.15) is 78.1 Å². The Bertz CT molecular complexity index is 397. The highest BCUT2D eigenvalue weighted by molar-refractivity contribution is 5.70. The number of aliphatic hydroxyl groups is 3. The SMILES string of the molecule is CC(C)CCCCCCCOC(=O)CCCCC(=O)OCC(CO)(CO)CO. The monoisotopic (exact) mass is 404 g/mol. The van der Waals surface area contributed by atoms with Gasteiger partial charge in [-0.25, -0.2) is 0 Å². The largest absolute Gasteiger partial charge is 0.466 e. The van der Waals surface area contributed by atoms with Gasteiger partial charge in [-0.3, -0.25) is 9.59 Å². The summed E-state index contributed by atoms with van der Waals surface area (Å²) in [6, 6.07) is 0. The van der Waals surface area contributed by atoms with Crippen LogP contribution < -0.4 is 0 Å². The molecule has 0 atom stereocenters. The minimum Gasteiger partial charge on any atom is -0.466 e. The summed E-state index contributed by atoms with van der Waals surface area (Å²) in [5, 5.41) is 27.5. The summed E-state index contributed by atoms with van der Waals surface area (Å²) >= 11 is 0. The predicted octanol–water partition coefficient (Wildman–Crippen LogP) is 2.59. The fourth-order valence-corrected chi connectivity index (χ4v) is 2.57. The van der Waals surface area contributed by atoms with Gasteiger partial charge in [0.15, 0.2) is 0 Å². The second-order valence-electron chi connectivity index (χ2n) is 8.01. The third kappa shape index (κ3) is 13.9. The summed E-state index contributed by atoms with van der Waals surface area (Å²) in [5.74, 6) is 0.0385. The quantitative estimate of drug-likeness (QED) is 0.238. The Balaban J connectivity index is 3.60. The standard InChI is InChI=1S/C21H40O7/c1-18(2)10-6-4-3-5-9-13-27-19(25)11-7-8-12-20(26)28-17-21(14-22,15-23)16-24/h18,22-24H,3-17H2,1-2H3. The van der Waals surface area contributed by atoms with Crippen molar-refractivity contribution in [2.75, 3.05) is 33.0 Å². The summed E-state index contributed by atoms with van der Waals surface area (Å²) in [4.78, 5) is 23.3. The van der Waals surface area contributed by atoms with Crippen molar-refractivity contribution in [3.05, 3.63) is 0 Å². The molecule has 0 aliphatic carbocycles. The van der Waals surface area contributed by atoms with Crippen LogP contribution in [0.25, 0.3) is 0 Å². The summed E-state index contributed by atoms with van der Waals surface area (Å²) in [7, 11) is 0. The van der Waals surface area contributed by atoms with Crippen molar-refractivity contribution >= 4 is 11.9 Å². The number of hydrogen-bond donors (Lipinski definition) is 3. The maximum Gasteiger partial charge on any atom is 0.305 e. The molecule has 7 nitrogen and oxygen atoms in total. The lowest BCUT2D eigenvalue weighted by Crippen LogP contribution is -2.39. The van der Waals surface area contributed by atoms with Crippen molar-refractivity contribution in [3.63, 3.8) is 0 Å². The van der Waals surface area contributed by atoms with Gasteiger partial charge in [-0.2, -0.15) is 0 Å². The number of carbonyl (C=O) groups excluding carboxylic acids is 2. The van der Waals surface area contributed by atoms with E-state index in [1.807, 2.05) is 0 Å². The first kappa shape index (κ1) is 26.8. The molecule has 0 fully saturated rings. The molecule has 0 saturated heterocycles. The Labute approximate surface area is 169 Å². The molecule has 0 aromatic rings.